The average molecular weight is 337 g/mol. The number of thiazole rings is 1. The molecule has 122 valence electrons. The van der Waals surface area contributed by atoms with E-state index in [1.807, 2.05) is 50.2 Å². The summed E-state index contributed by atoms with van der Waals surface area (Å²) in [7, 11) is 0. The van der Waals surface area contributed by atoms with E-state index in [4.69, 9.17) is 5.73 Å². The Morgan fingerprint density at radius 2 is 1.79 bits per heavy atom. The maximum atomic E-state index is 12.6. The highest BCUT2D eigenvalue weighted by Gasteiger charge is 2.18. The van der Waals surface area contributed by atoms with Gasteiger partial charge in [-0.3, -0.25) is 4.79 Å². The van der Waals surface area contributed by atoms with Crippen molar-refractivity contribution in [1.82, 2.24) is 4.98 Å². The van der Waals surface area contributed by atoms with Gasteiger partial charge in [-0.1, -0.05) is 53.3 Å². The van der Waals surface area contributed by atoms with Crippen molar-refractivity contribution >= 4 is 33.8 Å². The van der Waals surface area contributed by atoms with E-state index in [-0.39, 0.29) is 11.6 Å². The first-order valence-electron chi connectivity index (χ1n) is 7.66. The van der Waals surface area contributed by atoms with E-state index < -0.39 is 0 Å². The van der Waals surface area contributed by atoms with Gasteiger partial charge in [0.1, 0.15) is 10.7 Å². The van der Waals surface area contributed by atoms with E-state index in [0.29, 0.717) is 15.6 Å². The summed E-state index contributed by atoms with van der Waals surface area (Å²) in [5.41, 5.74) is 11.0. The maximum Gasteiger partial charge on any atom is 0.206 e. The highest BCUT2D eigenvalue weighted by Crippen LogP contribution is 2.31. The summed E-state index contributed by atoms with van der Waals surface area (Å²) < 4.78 is 0. The highest BCUT2D eigenvalue weighted by molar-refractivity contribution is 7.18. The molecular weight excluding hydrogens is 318 g/mol. The molecule has 0 aliphatic carbocycles. The van der Waals surface area contributed by atoms with E-state index in [1.165, 1.54) is 16.9 Å². The van der Waals surface area contributed by atoms with Crippen molar-refractivity contribution in [2.75, 3.05) is 11.1 Å². The molecule has 0 saturated carbocycles. The molecule has 5 heteroatoms. The quantitative estimate of drug-likeness (QED) is 0.681. The molecule has 1 heterocycles. The number of carbonyl (C=O) groups excluding carboxylic acids is 1. The number of hydrogen-bond acceptors (Lipinski definition) is 5. The Bertz CT molecular complexity index is 897. The Labute approximate surface area is 145 Å². The number of nitrogen functional groups attached to an aromatic ring is 1. The first kappa shape index (κ1) is 16.2. The van der Waals surface area contributed by atoms with Gasteiger partial charge in [0, 0.05) is 11.3 Å². The Hall–Kier alpha value is -2.66. The van der Waals surface area contributed by atoms with Gasteiger partial charge in [-0.05, 0) is 38.0 Å². The molecule has 3 aromatic rings. The first-order chi connectivity index (χ1) is 11.5. The van der Waals surface area contributed by atoms with Crippen LogP contribution in [0.15, 0.2) is 42.5 Å². The number of nitrogens with zero attached hydrogens (tertiary/aromatic N) is 1. The topological polar surface area (TPSA) is 68.0 Å². The molecule has 0 fully saturated rings. The molecule has 4 nitrogen and oxygen atoms in total. The Kier molecular flexibility index (Phi) is 4.36. The molecule has 0 bridgehead atoms. The fourth-order valence-corrected chi connectivity index (χ4v) is 3.24. The molecule has 0 aliphatic rings. The third kappa shape index (κ3) is 3.16. The van der Waals surface area contributed by atoms with E-state index >= 15 is 0 Å². The van der Waals surface area contributed by atoms with Crippen LogP contribution < -0.4 is 11.1 Å². The summed E-state index contributed by atoms with van der Waals surface area (Å²) in [6.45, 7) is 6.09. The second kappa shape index (κ2) is 6.45. The van der Waals surface area contributed by atoms with Gasteiger partial charge in [-0.25, -0.2) is 4.98 Å². The summed E-state index contributed by atoms with van der Waals surface area (Å²) in [6, 6.07) is 13.5. The number of benzene rings is 2. The van der Waals surface area contributed by atoms with Crippen molar-refractivity contribution in [1.29, 1.82) is 0 Å². The number of nitrogens with two attached hydrogens (primary N) is 1. The number of carbonyl (C=O) groups is 1. The fraction of sp³-hybridized carbons (Fsp3) is 0.158. The second-order valence-electron chi connectivity index (χ2n) is 5.80. The van der Waals surface area contributed by atoms with Crippen molar-refractivity contribution < 1.29 is 4.79 Å². The molecule has 0 spiro atoms. The van der Waals surface area contributed by atoms with Crippen LogP contribution in [0.4, 0.5) is 16.6 Å². The van der Waals surface area contributed by atoms with Crippen LogP contribution in [0.5, 0.6) is 0 Å². The molecule has 3 N–H and O–H groups in total. The molecule has 3 rings (SSSR count). The lowest BCUT2D eigenvalue weighted by molar-refractivity contribution is 0.104. The molecule has 24 heavy (non-hydrogen) atoms. The minimum Gasteiger partial charge on any atom is -0.382 e. The Morgan fingerprint density at radius 3 is 2.50 bits per heavy atom. The highest BCUT2D eigenvalue weighted by atomic mass is 32.1. The predicted octanol–water partition coefficient (Wildman–Crippen LogP) is 4.63. The van der Waals surface area contributed by atoms with Gasteiger partial charge in [-0.15, -0.1) is 0 Å². The summed E-state index contributed by atoms with van der Waals surface area (Å²) >= 11 is 1.28. The number of anilines is 3. The molecule has 0 atom stereocenters. The van der Waals surface area contributed by atoms with Gasteiger partial charge in [0.15, 0.2) is 5.13 Å². The molecule has 0 unspecified atom stereocenters. The summed E-state index contributed by atoms with van der Waals surface area (Å²) in [5, 5.41) is 3.89. The number of rotatable bonds is 4. The van der Waals surface area contributed by atoms with Gasteiger partial charge in [0.05, 0.1) is 0 Å². The van der Waals surface area contributed by atoms with Crippen molar-refractivity contribution in [2.45, 2.75) is 20.8 Å². The third-order valence-electron chi connectivity index (χ3n) is 4.02. The SMILES string of the molecule is Cc1ccc(C(=O)c2sc(Nc3cccc(C)c3C)nc2N)cc1. The number of aryl methyl sites for hydroxylation is 2. The van der Waals surface area contributed by atoms with Gasteiger partial charge in [0.2, 0.25) is 5.78 Å². The molecule has 1 aromatic heterocycles. The van der Waals surface area contributed by atoms with Gasteiger partial charge < -0.3 is 11.1 Å². The van der Waals surface area contributed by atoms with Gasteiger partial charge >= 0.3 is 0 Å². The molecule has 0 saturated heterocycles. The smallest absolute Gasteiger partial charge is 0.206 e. The Balaban J connectivity index is 1.89. The van der Waals surface area contributed by atoms with Gasteiger partial charge in [-0.2, -0.15) is 0 Å². The van der Waals surface area contributed by atoms with Crippen molar-refractivity contribution in [3.8, 4) is 0 Å². The van der Waals surface area contributed by atoms with Crippen LogP contribution >= 0.6 is 11.3 Å². The zero-order chi connectivity index (χ0) is 17.3. The fourth-order valence-electron chi connectivity index (χ4n) is 2.39. The average Bonchev–Trinajstić information content (AvgIpc) is 2.92. The van der Waals surface area contributed by atoms with E-state index in [0.717, 1.165) is 16.8 Å². The standard InChI is InChI=1S/C19H19N3OS/c1-11-7-9-14(10-8-11)16(23)17-18(20)22-19(24-17)21-15-6-4-5-12(2)13(15)3/h4-10H,20H2,1-3H3,(H,21,22). The van der Waals surface area contributed by atoms with E-state index in [1.54, 1.807) is 0 Å². The van der Waals surface area contributed by atoms with Crippen LogP contribution in [0, 0.1) is 20.8 Å². The zero-order valence-corrected chi connectivity index (χ0v) is 14.7. The van der Waals surface area contributed by atoms with Crippen molar-refractivity contribution in [3.05, 3.63) is 69.6 Å². The van der Waals surface area contributed by atoms with Crippen LogP contribution in [0.3, 0.4) is 0 Å². The van der Waals surface area contributed by atoms with E-state index in [2.05, 4.69) is 23.3 Å². The largest absolute Gasteiger partial charge is 0.382 e. The zero-order valence-electron chi connectivity index (χ0n) is 13.9. The molecular formula is C19H19N3OS. The van der Waals surface area contributed by atoms with Crippen LogP contribution in [0.25, 0.3) is 0 Å². The van der Waals surface area contributed by atoms with Crippen LogP contribution in [-0.4, -0.2) is 10.8 Å². The Morgan fingerprint density at radius 1 is 1.08 bits per heavy atom. The van der Waals surface area contributed by atoms with Crippen molar-refractivity contribution in [3.63, 3.8) is 0 Å². The predicted molar refractivity (Wildman–Crippen MR) is 100 cm³/mol. The number of ketones is 1. The second-order valence-corrected chi connectivity index (χ2v) is 6.80. The summed E-state index contributed by atoms with van der Waals surface area (Å²) in [4.78, 5) is 17.4. The molecule has 2 aromatic carbocycles. The number of hydrogen-bond donors (Lipinski definition) is 2. The first-order valence-corrected chi connectivity index (χ1v) is 8.48. The minimum atomic E-state index is -0.0981. The lowest BCUT2D eigenvalue weighted by Crippen LogP contribution is -2.02. The minimum absolute atomic E-state index is 0.0981. The lowest BCUT2D eigenvalue weighted by Gasteiger charge is -2.08. The lowest BCUT2D eigenvalue weighted by atomic mass is 10.1. The molecule has 0 amide bonds. The monoisotopic (exact) mass is 337 g/mol. The normalized spacial score (nSPS) is 10.6. The van der Waals surface area contributed by atoms with E-state index in [9.17, 15) is 4.79 Å². The van der Waals surface area contributed by atoms with Crippen LogP contribution in [-0.2, 0) is 0 Å². The number of nitrogens with one attached hydrogen (secondary N) is 1. The third-order valence-corrected chi connectivity index (χ3v) is 5.00. The molecule has 0 radical (unpaired) electrons. The summed E-state index contributed by atoms with van der Waals surface area (Å²) in [6.07, 6.45) is 0. The van der Waals surface area contributed by atoms with Crippen LogP contribution in [0.1, 0.15) is 31.9 Å². The summed E-state index contributed by atoms with van der Waals surface area (Å²) in [5.74, 6) is 0.164. The molecule has 0 aliphatic heterocycles. The van der Waals surface area contributed by atoms with Gasteiger partial charge in [0.25, 0.3) is 0 Å². The van der Waals surface area contributed by atoms with Crippen molar-refractivity contribution in [2.24, 2.45) is 0 Å². The van der Waals surface area contributed by atoms with Crippen LogP contribution in [0.2, 0.25) is 0 Å². The number of aromatic nitrogens is 1. The maximum absolute atomic E-state index is 12.6.